The van der Waals surface area contributed by atoms with Crippen molar-refractivity contribution >= 4 is 38.7 Å². The fraction of sp³-hybridized carbons (Fsp3) is 0.200. The molecule has 0 aliphatic heterocycles. The van der Waals surface area contributed by atoms with Crippen LogP contribution in [0, 0.1) is 6.92 Å². The summed E-state index contributed by atoms with van der Waals surface area (Å²) in [6.07, 6.45) is 0. The molecule has 0 aromatic heterocycles. The maximum atomic E-state index is 5.90. The smallest absolute Gasteiger partial charge is 0.0622 e. The van der Waals surface area contributed by atoms with E-state index in [2.05, 4.69) is 38.3 Å². The summed E-state index contributed by atoms with van der Waals surface area (Å²) in [7, 11) is 4.06. The predicted molar refractivity (Wildman–Crippen MR) is 87.3 cm³/mol. The number of nitrogens with one attached hydrogen (secondary N) is 1. The number of nitrogen functional groups attached to an aromatic ring is 1. The van der Waals surface area contributed by atoms with Crippen LogP contribution in [-0.4, -0.2) is 14.1 Å². The third-order valence-electron chi connectivity index (χ3n) is 3.01. The van der Waals surface area contributed by atoms with Crippen LogP contribution in [0.3, 0.4) is 0 Å². The Balaban J connectivity index is 2.39. The van der Waals surface area contributed by atoms with Crippen LogP contribution in [0.25, 0.3) is 0 Å². The van der Waals surface area contributed by atoms with Crippen molar-refractivity contribution in [2.75, 3.05) is 30.0 Å². The van der Waals surface area contributed by atoms with Gasteiger partial charge in [-0.2, -0.15) is 0 Å². The van der Waals surface area contributed by atoms with Gasteiger partial charge in [0.25, 0.3) is 0 Å². The summed E-state index contributed by atoms with van der Waals surface area (Å²) >= 11 is 3.54. The summed E-state index contributed by atoms with van der Waals surface area (Å²) in [5.41, 5.74) is 11.0. The Bertz CT molecular complexity index is 594. The van der Waals surface area contributed by atoms with Gasteiger partial charge < -0.3 is 16.0 Å². The molecule has 0 unspecified atom stereocenters. The second-order valence-electron chi connectivity index (χ2n) is 4.73. The minimum Gasteiger partial charge on any atom is -0.398 e. The Morgan fingerprint density at radius 2 is 1.79 bits per heavy atom. The number of hydrogen-bond donors (Lipinski definition) is 2. The molecule has 0 amide bonds. The number of anilines is 4. The van der Waals surface area contributed by atoms with E-state index in [0.29, 0.717) is 0 Å². The highest BCUT2D eigenvalue weighted by Gasteiger charge is 2.07. The third kappa shape index (κ3) is 3.01. The monoisotopic (exact) mass is 319 g/mol. The van der Waals surface area contributed by atoms with Crippen LogP contribution in [-0.2, 0) is 0 Å². The van der Waals surface area contributed by atoms with Crippen molar-refractivity contribution in [2.24, 2.45) is 0 Å². The molecule has 0 saturated carbocycles. The van der Waals surface area contributed by atoms with Crippen molar-refractivity contribution in [1.82, 2.24) is 0 Å². The van der Waals surface area contributed by atoms with Crippen molar-refractivity contribution in [3.05, 3.63) is 46.4 Å². The molecule has 0 bridgehead atoms. The van der Waals surface area contributed by atoms with Gasteiger partial charge in [-0.05, 0) is 52.7 Å². The minimum atomic E-state index is 0.790. The fourth-order valence-corrected chi connectivity index (χ4v) is 2.37. The van der Waals surface area contributed by atoms with E-state index < -0.39 is 0 Å². The van der Waals surface area contributed by atoms with Crippen LogP contribution >= 0.6 is 15.9 Å². The first kappa shape index (κ1) is 13.7. The molecule has 0 heterocycles. The van der Waals surface area contributed by atoms with E-state index in [1.54, 1.807) is 0 Å². The van der Waals surface area contributed by atoms with E-state index in [1.165, 1.54) is 0 Å². The van der Waals surface area contributed by atoms with Gasteiger partial charge in [0, 0.05) is 24.3 Å². The summed E-state index contributed by atoms with van der Waals surface area (Å²) in [5, 5.41) is 3.45. The van der Waals surface area contributed by atoms with E-state index in [4.69, 9.17) is 5.73 Å². The lowest BCUT2D eigenvalue weighted by atomic mass is 10.1. The lowest BCUT2D eigenvalue weighted by molar-refractivity contribution is 1.13. The molecular weight excluding hydrogens is 302 g/mol. The largest absolute Gasteiger partial charge is 0.398 e. The normalized spacial score (nSPS) is 10.3. The second-order valence-corrected chi connectivity index (χ2v) is 5.58. The van der Waals surface area contributed by atoms with Gasteiger partial charge in [0.1, 0.15) is 0 Å². The SMILES string of the molecule is Cc1cc(Nc2ccccc2N(C)C)c(Br)cc1N. The van der Waals surface area contributed by atoms with E-state index in [9.17, 15) is 0 Å². The molecule has 2 aromatic rings. The number of halogens is 1. The molecule has 4 heteroatoms. The standard InChI is InChI=1S/C15H18BrN3/c1-10-8-14(11(16)9-12(10)17)18-13-6-4-5-7-15(13)19(2)3/h4-9,18H,17H2,1-3H3. The number of para-hydroxylation sites is 2. The van der Waals surface area contributed by atoms with Crippen molar-refractivity contribution in [3.8, 4) is 0 Å². The van der Waals surface area contributed by atoms with Crippen LogP contribution in [0.5, 0.6) is 0 Å². The van der Waals surface area contributed by atoms with Crippen molar-refractivity contribution < 1.29 is 0 Å². The molecule has 0 aliphatic rings. The highest BCUT2D eigenvalue weighted by molar-refractivity contribution is 9.10. The van der Waals surface area contributed by atoms with E-state index >= 15 is 0 Å². The zero-order valence-corrected chi connectivity index (χ0v) is 13.0. The molecule has 3 nitrogen and oxygen atoms in total. The molecule has 0 fully saturated rings. The molecule has 3 N–H and O–H groups in total. The first-order valence-corrected chi connectivity index (χ1v) is 6.87. The zero-order valence-electron chi connectivity index (χ0n) is 11.4. The number of benzene rings is 2. The van der Waals surface area contributed by atoms with E-state index in [-0.39, 0.29) is 0 Å². The highest BCUT2D eigenvalue weighted by atomic mass is 79.9. The van der Waals surface area contributed by atoms with Gasteiger partial charge in [0.15, 0.2) is 0 Å². The third-order valence-corrected chi connectivity index (χ3v) is 3.67. The topological polar surface area (TPSA) is 41.3 Å². The Labute approximate surface area is 122 Å². The Morgan fingerprint density at radius 3 is 2.47 bits per heavy atom. The van der Waals surface area contributed by atoms with Crippen LogP contribution < -0.4 is 16.0 Å². The lowest BCUT2D eigenvalue weighted by Gasteiger charge is -2.19. The van der Waals surface area contributed by atoms with Crippen LogP contribution in [0.2, 0.25) is 0 Å². The minimum absolute atomic E-state index is 0.790. The Hall–Kier alpha value is -1.68. The highest BCUT2D eigenvalue weighted by Crippen LogP contribution is 2.33. The molecule has 0 aliphatic carbocycles. The summed E-state index contributed by atoms with van der Waals surface area (Å²) in [4.78, 5) is 2.08. The van der Waals surface area contributed by atoms with Gasteiger partial charge in [-0.15, -0.1) is 0 Å². The van der Waals surface area contributed by atoms with Crippen molar-refractivity contribution in [3.63, 3.8) is 0 Å². The Morgan fingerprint density at radius 1 is 1.11 bits per heavy atom. The first-order chi connectivity index (χ1) is 8.99. The molecular formula is C15H18BrN3. The van der Waals surface area contributed by atoms with Gasteiger partial charge in [-0.25, -0.2) is 0 Å². The fourth-order valence-electron chi connectivity index (χ4n) is 1.91. The summed E-state index contributed by atoms with van der Waals surface area (Å²) in [5.74, 6) is 0. The number of nitrogens with two attached hydrogens (primary N) is 1. The van der Waals surface area contributed by atoms with Gasteiger partial charge in [-0.3, -0.25) is 0 Å². The summed E-state index contributed by atoms with van der Waals surface area (Å²) in [6, 6.07) is 12.2. The van der Waals surface area contributed by atoms with Crippen molar-refractivity contribution in [1.29, 1.82) is 0 Å². The number of aryl methyl sites for hydroxylation is 1. The maximum Gasteiger partial charge on any atom is 0.0622 e. The predicted octanol–water partition coefficient (Wildman–Crippen LogP) is 4.15. The van der Waals surface area contributed by atoms with E-state index in [1.807, 2.05) is 45.3 Å². The molecule has 19 heavy (non-hydrogen) atoms. The van der Waals surface area contributed by atoms with E-state index in [0.717, 1.165) is 32.8 Å². The van der Waals surface area contributed by atoms with Gasteiger partial charge in [0.2, 0.25) is 0 Å². The lowest BCUT2D eigenvalue weighted by Crippen LogP contribution is -2.10. The summed E-state index contributed by atoms with van der Waals surface area (Å²) < 4.78 is 0.962. The zero-order chi connectivity index (χ0) is 14.0. The van der Waals surface area contributed by atoms with Gasteiger partial charge in [0.05, 0.1) is 17.1 Å². The molecule has 0 atom stereocenters. The first-order valence-electron chi connectivity index (χ1n) is 6.08. The molecule has 0 radical (unpaired) electrons. The van der Waals surface area contributed by atoms with Gasteiger partial charge in [-0.1, -0.05) is 12.1 Å². The average Bonchev–Trinajstić information content (AvgIpc) is 2.36. The molecule has 0 saturated heterocycles. The van der Waals surface area contributed by atoms with Crippen molar-refractivity contribution in [2.45, 2.75) is 6.92 Å². The van der Waals surface area contributed by atoms with Gasteiger partial charge >= 0.3 is 0 Å². The Kier molecular flexibility index (Phi) is 4.00. The maximum absolute atomic E-state index is 5.90. The number of rotatable bonds is 3. The van der Waals surface area contributed by atoms with Crippen LogP contribution in [0.1, 0.15) is 5.56 Å². The quantitative estimate of drug-likeness (QED) is 0.835. The molecule has 2 rings (SSSR count). The average molecular weight is 320 g/mol. The summed E-state index contributed by atoms with van der Waals surface area (Å²) in [6.45, 7) is 2.00. The number of hydrogen-bond acceptors (Lipinski definition) is 3. The molecule has 100 valence electrons. The number of nitrogens with zero attached hydrogens (tertiary/aromatic N) is 1. The second kappa shape index (κ2) is 5.53. The van der Waals surface area contributed by atoms with Crippen LogP contribution in [0.4, 0.5) is 22.7 Å². The molecule has 0 spiro atoms. The van der Waals surface area contributed by atoms with Crippen LogP contribution in [0.15, 0.2) is 40.9 Å². The molecule has 2 aromatic carbocycles.